The number of pyridine rings is 1. The molecular formula is C6H2ClF3IN. The van der Waals surface area contributed by atoms with Gasteiger partial charge in [0.1, 0.15) is 0 Å². The van der Waals surface area contributed by atoms with Gasteiger partial charge in [0.15, 0.2) is 0 Å². The lowest BCUT2D eigenvalue weighted by Crippen LogP contribution is -2.07. The van der Waals surface area contributed by atoms with Crippen LogP contribution in [-0.2, 0) is 6.18 Å². The number of halogens is 5. The molecule has 0 aromatic carbocycles. The Hall–Kier alpha value is -0.0400. The summed E-state index contributed by atoms with van der Waals surface area (Å²) in [7, 11) is 0. The Kier molecular flexibility index (Phi) is 2.82. The summed E-state index contributed by atoms with van der Waals surface area (Å²) in [4.78, 5) is 3.40. The van der Waals surface area contributed by atoms with E-state index in [1.807, 2.05) is 0 Å². The molecule has 0 N–H and O–H groups in total. The summed E-state index contributed by atoms with van der Waals surface area (Å²) in [5.41, 5.74) is -0.893. The van der Waals surface area contributed by atoms with E-state index in [-0.39, 0.29) is 5.02 Å². The summed E-state index contributed by atoms with van der Waals surface area (Å²) in [6.07, 6.45) is -2.44. The molecule has 0 radical (unpaired) electrons. The lowest BCUT2D eigenvalue weighted by atomic mass is 10.3. The lowest BCUT2D eigenvalue weighted by Gasteiger charge is -2.08. The highest BCUT2D eigenvalue weighted by Gasteiger charge is 2.34. The Bertz CT molecular complexity index is 299. The molecule has 6 heteroatoms. The average molecular weight is 307 g/mol. The van der Waals surface area contributed by atoms with Gasteiger partial charge in [0, 0.05) is 12.4 Å². The van der Waals surface area contributed by atoms with Crippen LogP contribution in [0.3, 0.4) is 0 Å². The molecule has 0 unspecified atom stereocenters. The van der Waals surface area contributed by atoms with Crippen molar-refractivity contribution in [3.63, 3.8) is 0 Å². The second kappa shape index (κ2) is 3.37. The Morgan fingerprint density at radius 3 is 2.33 bits per heavy atom. The molecule has 1 rings (SSSR count). The van der Waals surface area contributed by atoms with Gasteiger partial charge in [0.05, 0.1) is 14.2 Å². The Morgan fingerprint density at radius 2 is 1.92 bits per heavy atom. The number of nitrogens with zero attached hydrogens (tertiary/aromatic N) is 1. The third-order valence-corrected chi connectivity index (χ3v) is 2.69. The van der Waals surface area contributed by atoms with Gasteiger partial charge in [-0.1, -0.05) is 11.6 Å². The summed E-state index contributed by atoms with van der Waals surface area (Å²) in [6.45, 7) is 0. The van der Waals surface area contributed by atoms with E-state index in [1.54, 1.807) is 22.6 Å². The smallest absolute Gasteiger partial charge is 0.263 e. The molecule has 1 heterocycles. The molecule has 66 valence electrons. The van der Waals surface area contributed by atoms with Gasteiger partial charge in [0.2, 0.25) is 0 Å². The Morgan fingerprint density at radius 1 is 1.33 bits per heavy atom. The van der Waals surface area contributed by atoms with Crippen molar-refractivity contribution in [2.24, 2.45) is 0 Å². The zero-order valence-corrected chi connectivity index (χ0v) is 8.41. The molecule has 0 aliphatic carbocycles. The Balaban J connectivity index is 3.26. The minimum Gasteiger partial charge on any atom is -0.263 e. The van der Waals surface area contributed by atoms with E-state index < -0.39 is 11.7 Å². The molecule has 1 nitrogen and oxygen atoms in total. The van der Waals surface area contributed by atoms with Gasteiger partial charge in [-0.3, -0.25) is 4.98 Å². The quantitative estimate of drug-likeness (QED) is 0.670. The maximum atomic E-state index is 12.1. The van der Waals surface area contributed by atoms with E-state index in [2.05, 4.69) is 4.98 Å². The molecule has 0 atom stereocenters. The Labute approximate surface area is 85.1 Å². The molecule has 1 aromatic heterocycles. The number of hydrogen-bond acceptors (Lipinski definition) is 1. The van der Waals surface area contributed by atoms with Crippen LogP contribution in [0.5, 0.6) is 0 Å². The molecule has 0 spiro atoms. The fourth-order valence-corrected chi connectivity index (χ4v) is 1.27. The summed E-state index contributed by atoms with van der Waals surface area (Å²) in [6, 6.07) is 0. The predicted octanol–water partition coefficient (Wildman–Crippen LogP) is 3.36. The van der Waals surface area contributed by atoms with Crippen LogP contribution in [-0.4, -0.2) is 4.98 Å². The fraction of sp³-hybridized carbons (Fsp3) is 0.167. The monoisotopic (exact) mass is 307 g/mol. The van der Waals surface area contributed by atoms with Gasteiger partial charge in [-0.15, -0.1) is 0 Å². The summed E-state index contributed by atoms with van der Waals surface area (Å²) >= 11 is 7.11. The fourth-order valence-electron chi connectivity index (χ4n) is 0.617. The van der Waals surface area contributed by atoms with E-state index in [0.29, 0.717) is 9.77 Å². The van der Waals surface area contributed by atoms with Crippen LogP contribution in [0, 0.1) is 3.57 Å². The van der Waals surface area contributed by atoms with E-state index in [4.69, 9.17) is 11.6 Å². The molecule has 0 aliphatic heterocycles. The van der Waals surface area contributed by atoms with Crippen LogP contribution in [0.4, 0.5) is 13.2 Å². The van der Waals surface area contributed by atoms with Crippen LogP contribution in [0.15, 0.2) is 12.4 Å². The molecule has 0 bridgehead atoms. The first-order valence-electron chi connectivity index (χ1n) is 2.79. The van der Waals surface area contributed by atoms with E-state index >= 15 is 0 Å². The van der Waals surface area contributed by atoms with Crippen molar-refractivity contribution in [1.82, 2.24) is 4.98 Å². The van der Waals surface area contributed by atoms with Crippen molar-refractivity contribution in [2.45, 2.75) is 6.18 Å². The summed E-state index contributed by atoms with van der Waals surface area (Å²) in [5, 5.41) is -0.293. The second-order valence-corrected chi connectivity index (χ2v) is 3.52. The topological polar surface area (TPSA) is 12.9 Å². The maximum absolute atomic E-state index is 12.1. The van der Waals surface area contributed by atoms with Crippen LogP contribution < -0.4 is 0 Å². The van der Waals surface area contributed by atoms with Crippen molar-refractivity contribution >= 4 is 34.2 Å². The molecule has 0 fully saturated rings. The number of rotatable bonds is 0. The SMILES string of the molecule is FC(F)(F)c1cncc(I)c1Cl. The first kappa shape index (κ1) is 10.0. The molecule has 0 saturated heterocycles. The lowest BCUT2D eigenvalue weighted by molar-refractivity contribution is -0.137. The molecule has 0 amide bonds. The van der Waals surface area contributed by atoms with Crippen LogP contribution in [0.25, 0.3) is 0 Å². The first-order valence-corrected chi connectivity index (χ1v) is 4.25. The van der Waals surface area contributed by atoms with Crippen LogP contribution in [0.2, 0.25) is 5.02 Å². The zero-order chi connectivity index (χ0) is 9.35. The normalized spacial score (nSPS) is 11.8. The summed E-state index contributed by atoms with van der Waals surface area (Å²) in [5.74, 6) is 0. The van der Waals surface area contributed by atoms with Gasteiger partial charge in [-0.05, 0) is 22.6 Å². The highest BCUT2D eigenvalue weighted by molar-refractivity contribution is 14.1. The number of aromatic nitrogens is 1. The highest BCUT2D eigenvalue weighted by Crippen LogP contribution is 2.35. The maximum Gasteiger partial charge on any atom is 0.419 e. The van der Waals surface area contributed by atoms with Crippen LogP contribution >= 0.6 is 34.2 Å². The van der Waals surface area contributed by atoms with Crippen molar-refractivity contribution < 1.29 is 13.2 Å². The van der Waals surface area contributed by atoms with Gasteiger partial charge in [0.25, 0.3) is 0 Å². The average Bonchev–Trinajstić information content (AvgIpc) is 1.92. The number of alkyl halides is 3. The molecule has 12 heavy (non-hydrogen) atoms. The molecule has 0 saturated carbocycles. The molecular weight excluding hydrogens is 305 g/mol. The van der Waals surface area contributed by atoms with Crippen molar-refractivity contribution in [2.75, 3.05) is 0 Å². The third-order valence-electron chi connectivity index (χ3n) is 1.14. The molecule has 0 aliphatic rings. The van der Waals surface area contributed by atoms with Crippen molar-refractivity contribution in [1.29, 1.82) is 0 Å². The van der Waals surface area contributed by atoms with Crippen molar-refractivity contribution in [3.05, 3.63) is 26.5 Å². The minimum absolute atomic E-state index is 0.293. The van der Waals surface area contributed by atoms with Gasteiger partial charge in [-0.25, -0.2) is 0 Å². The standard InChI is InChI=1S/C6H2ClF3IN/c7-5-3(6(8,9)10)1-12-2-4(5)11/h1-2H. The first-order chi connectivity index (χ1) is 5.43. The van der Waals surface area contributed by atoms with Gasteiger partial charge < -0.3 is 0 Å². The van der Waals surface area contributed by atoms with Crippen LogP contribution in [0.1, 0.15) is 5.56 Å². The highest BCUT2D eigenvalue weighted by atomic mass is 127. The predicted molar refractivity (Wildman–Crippen MR) is 47.0 cm³/mol. The zero-order valence-electron chi connectivity index (χ0n) is 5.49. The number of hydrogen-bond donors (Lipinski definition) is 0. The third kappa shape index (κ3) is 2.01. The minimum atomic E-state index is -4.43. The summed E-state index contributed by atoms with van der Waals surface area (Å²) < 4.78 is 36.6. The second-order valence-electron chi connectivity index (χ2n) is 1.98. The van der Waals surface area contributed by atoms with E-state index in [1.165, 1.54) is 6.20 Å². The van der Waals surface area contributed by atoms with Crippen molar-refractivity contribution in [3.8, 4) is 0 Å². The van der Waals surface area contributed by atoms with E-state index in [0.717, 1.165) is 0 Å². The van der Waals surface area contributed by atoms with Gasteiger partial charge in [-0.2, -0.15) is 13.2 Å². The van der Waals surface area contributed by atoms with Gasteiger partial charge >= 0.3 is 6.18 Å². The molecule has 1 aromatic rings. The van der Waals surface area contributed by atoms with E-state index in [9.17, 15) is 13.2 Å². The largest absolute Gasteiger partial charge is 0.419 e.